The van der Waals surface area contributed by atoms with Gasteiger partial charge in [0.15, 0.2) is 0 Å². The van der Waals surface area contributed by atoms with Gasteiger partial charge in [-0.05, 0) is 85.7 Å². The highest BCUT2D eigenvalue weighted by atomic mass is 32.2. The van der Waals surface area contributed by atoms with Crippen molar-refractivity contribution in [3.05, 3.63) is 97.0 Å². The predicted octanol–water partition coefficient (Wildman–Crippen LogP) is 5.60. The summed E-state index contributed by atoms with van der Waals surface area (Å²) in [4.78, 5) is 107. The second-order valence-corrected chi connectivity index (χ2v) is 18.6. The summed E-state index contributed by atoms with van der Waals surface area (Å²) in [5.41, 5.74) is 2.95. The molecular formula is C45H48N6O9S3. The van der Waals surface area contributed by atoms with Gasteiger partial charge in [-0.25, -0.2) is 4.98 Å². The molecule has 8 rings (SSSR count). The molecule has 330 valence electrons. The predicted molar refractivity (Wildman–Crippen MR) is 236 cm³/mol. The molecule has 2 atom stereocenters. The number of Topliss-reactive ketones (excluding diaryl/α,β-unsaturated/α-hetero) is 1. The standard InChI is InChI=1S/C24H26N2O5S.C21H22N4O4S2/c27-16(6-4-5-13-31-17-7-2-1-3-8-17)9-11-21-18-14-26(24(30)19(18)15-32-21)20-10-12-22(28)25-23(20)29;1-2-8-30-20-14(4-3-7-22-20)18(27)23-10-13-9-12-11-25(21(29)17(12)31-13)15-5-6-16(26)24-19(15)28/h1-3,7-8,15,20H,4-6,9-14H2,(H,25,28,29);3-4,7,9,15H,2,5-6,8,10-11H2,1H3,(H,23,27)(H,24,26,28). The van der Waals surface area contributed by atoms with Crippen molar-refractivity contribution in [2.45, 2.75) is 108 Å². The van der Waals surface area contributed by atoms with Crippen LogP contribution in [0.1, 0.15) is 116 Å². The lowest BCUT2D eigenvalue weighted by molar-refractivity contribution is -0.138. The molecule has 7 heterocycles. The zero-order valence-electron chi connectivity index (χ0n) is 34.8. The van der Waals surface area contributed by atoms with Gasteiger partial charge in [-0.15, -0.1) is 34.4 Å². The van der Waals surface area contributed by atoms with Crippen molar-refractivity contribution in [2.75, 3.05) is 12.4 Å². The molecule has 63 heavy (non-hydrogen) atoms. The van der Waals surface area contributed by atoms with Crippen LogP contribution in [0.5, 0.6) is 5.75 Å². The van der Waals surface area contributed by atoms with Crippen molar-refractivity contribution in [1.82, 2.24) is 30.7 Å². The molecule has 3 N–H and O–H groups in total. The zero-order chi connectivity index (χ0) is 44.5. The first-order chi connectivity index (χ1) is 30.5. The number of nitrogens with one attached hydrogen (secondary N) is 3. The Morgan fingerprint density at radius 3 is 2.29 bits per heavy atom. The van der Waals surface area contributed by atoms with Crippen molar-refractivity contribution in [3.63, 3.8) is 0 Å². The van der Waals surface area contributed by atoms with Crippen molar-refractivity contribution in [3.8, 4) is 5.75 Å². The third kappa shape index (κ3) is 11.1. The smallest absolute Gasteiger partial charge is 0.265 e. The highest BCUT2D eigenvalue weighted by molar-refractivity contribution is 7.99. The molecule has 2 fully saturated rings. The Balaban J connectivity index is 0.000000189. The van der Waals surface area contributed by atoms with Crippen LogP contribution in [0.25, 0.3) is 0 Å². The van der Waals surface area contributed by atoms with Gasteiger partial charge in [0.05, 0.1) is 29.2 Å². The molecule has 15 nitrogen and oxygen atoms in total. The number of amides is 7. The number of rotatable bonds is 17. The fourth-order valence-electron chi connectivity index (χ4n) is 7.75. The number of carbonyl (C=O) groups is 8. The number of benzene rings is 1. The second-order valence-electron chi connectivity index (χ2n) is 15.5. The number of thioether (sulfide) groups is 1. The number of ketones is 1. The van der Waals surface area contributed by atoms with E-state index in [1.807, 2.05) is 41.8 Å². The van der Waals surface area contributed by atoms with E-state index >= 15 is 0 Å². The summed E-state index contributed by atoms with van der Waals surface area (Å²) < 4.78 is 5.65. The van der Waals surface area contributed by atoms with Crippen LogP contribution < -0.4 is 20.7 Å². The van der Waals surface area contributed by atoms with E-state index in [1.54, 1.807) is 35.0 Å². The Hall–Kier alpha value is -5.72. The lowest BCUT2D eigenvalue weighted by Crippen LogP contribution is -2.52. The van der Waals surface area contributed by atoms with E-state index < -0.39 is 23.9 Å². The number of para-hydroxylation sites is 1. The summed E-state index contributed by atoms with van der Waals surface area (Å²) in [7, 11) is 0. The van der Waals surface area contributed by atoms with Crippen LogP contribution in [0.2, 0.25) is 0 Å². The summed E-state index contributed by atoms with van der Waals surface area (Å²) in [6.45, 7) is 3.69. The van der Waals surface area contributed by atoms with Gasteiger partial charge in [-0.3, -0.25) is 49.0 Å². The van der Waals surface area contributed by atoms with Gasteiger partial charge in [0.1, 0.15) is 28.6 Å². The Bertz CT molecular complexity index is 2400. The largest absolute Gasteiger partial charge is 0.494 e. The monoisotopic (exact) mass is 912 g/mol. The molecule has 2 saturated heterocycles. The first-order valence-electron chi connectivity index (χ1n) is 21.1. The Labute approximate surface area is 376 Å². The number of imide groups is 2. The Kier molecular flexibility index (Phi) is 15.2. The number of nitrogens with zero attached hydrogens (tertiary/aromatic N) is 3. The van der Waals surface area contributed by atoms with Crippen LogP contribution in [-0.4, -0.2) is 86.4 Å². The summed E-state index contributed by atoms with van der Waals surface area (Å²) >= 11 is 4.39. The fourth-order valence-corrected chi connectivity index (χ4v) is 10.7. The van der Waals surface area contributed by atoms with Gasteiger partial charge in [-0.2, -0.15) is 0 Å². The molecule has 0 bridgehead atoms. The minimum absolute atomic E-state index is 0.165. The number of unbranched alkanes of at least 4 members (excludes halogenated alkanes) is 1. The molecule has 0 spiro atoms. The van der Waals surface area contributed by atoms with E-state index in [1.165, 1.54) is 27.6 Å². The van der Waals surface area contributed by atoms with Crippen LogP contribution >= 0.6 is 34.4 Å². The molecule has 7 amide bonds. The highest BCUT2D eigenvalue weighted by Gasteiger charge is 2.42. The van der Waals surface area contributed by atoms with Gasteiger partial charge in [0.2, 0.25) is 23.6 Å². The van der Waals surface area contributed by atoms with Crippen molar-refractivity contribution in [2.24, 2.45) is 0 Å². The van der Waals surface area contributed by atoms with Crippen LogP contribution in [-0.2, 0) is 50.0 Å². The van der Waals surface area contributed by atoms with Crippen LogP contribution in [0.15, 0.2) is 65.1 Å². The van der Waals surface area contributed by atoms with Gasteiger partial charge >= 0.3 is 0 Å². The molecule has 3 aromatic heterocycles. The van der Waals surface area contributed by atoms with Crippen molar-refractivity contribution in [1.29, 1.82) is 0 Å². The first-order valence-corrected chi connectivity index (χ1v) is 23.7. The summed E-state index contributed by atoms with van der Waals surface area (Å²) in [6.07, 6.45) is 7.03. The highest BCUT2D eigenvalue weighted by Crippen LogP contribution is 2.36. The lowest BCUT2D eigenvalue weighted by Gasteiger charge is -2.29. The molecule has 2 unspecified atom stereocenters. The number of aromatic nitrogens is 1. The maximum atomic E-state index is 12.8. The third-order valence-electron chi connectivity index (χ3n) is 11.0. The normalized spacial score (nSPS) is 18.0. The summed E-state index contributed by atoms with van der Waals surface area (Å²) in [5, 5.41) is 10.1. The zero-order valence-corrected chi connectivity index (χ0v) is 37.2. The fraction of sp³-hybridized carbons (Fsp3) is 0.400. The summed E-state index contributed by atoms with van der Waals surface area (Å²) in [6, 6.07) is 13.8. The van der Waals surface area contributed by atoms with Crippen LogP contribution in [0.3, 0.4) is 0 Å². The van der Waals surface area contributed by atoms with Crippen molar-refractivity contribution >= 4 is 81.6 Å². The molecule has 0 radical (unpaired) electrons. The van der Waals surface area contributed by atoms with E-state index in [4.69, 9.17) is 4.74 Å². The topological polar surface area (TPSA) is 201 Å². The number of thiophene rings is 2. The number of piperidine rings is 2. The number of ether oxygens (including phenoxy) is 1. The number of hydrogen-bond donors (Lipinski definition) is 3. The van der Waals surface area contributed by atoms with Crippen molar-refractivity contribution < 1.29 is 43.1 Å². The van der Waals surface area contributed by atoms with E-state index in [9.17, 15) is 38.4 Å². The maximum absolute atomic E-state index is 12.8. The number of hydrogen-bond acceptors (Lipinski definition) is 13. The van der Waals surface area contributed by atoms with Gasteiger partial charge in [0, 0.05) is 60.1 Å². The molecule has 4 aliphatic heterocycles. The molecular weight excluding hydrogens is 865 g/mol. The Morgan fingerprint density at radius 1 is 0.889 bits per heavy atom. The Morgan fingerprint density at radius 2 is 1.60 bits per heavy atom. The molecule has 1 aromatic carbocycles. The van der Waals surface area contributed by atoms with Crippen LogP contribution in [0.4, 0.5) is 0 Å². The van der Waals surface area contributed by atoms with E-state index in [2.05, 4.69) is 27.9 Å². The molecule has 0 saturated carbocycles. The molecule has 4 aliphatic rings. The van der Waals surface area contributed by atoms with E-state index in [-0.39, 0.29) is 48.2 Å². The number of fused-ring (bicyclic) bond motifs is 2. The van der Waals surface area contributed by atoms with E-state index in [0.717, 1.165) is 51.6 Å². The van der Waals surface area contributed by atoms with Gasteiger partial charge < -0.3 is 19.9 Å². The van der Waals surface area contributed by atoms with E-state index in [0.29, 0.717) is 79.4 Å². The number of carbonyl (C=O) groups excluding carboxylic acids is 8. The minimum Gasteiger partial charge on any atom is -0.494 e. The van der Waals surface area contributed by atoms with Gasteiger partial charge in [-0.1, -0.05) is 25.1 Å². The minimum atomic E-state index is -0.613. The molecule has 18 heteroatoms. The average Bonchev–Trinajstić information content (AvgIpc) is 4.04. The second kappa shape index (κ2) is 21.1. The maximum Gasteiger partial charge on any atom is 0.265 e. The first kappa shape index (κ1) is 45.3. The quantitative estimate of drug-likeness (QED) is 0.0677. The van der Waals surface area contributed by atoms with Crippen LogP contribution in [0, 0.1) is 0 Å². The lowest BCUT2D eigenvalue weighted by atomic mass is 10.0. The SMILES string of the molecule is CCCSc1ncccc1C(=O)NCc1cc2c(s1)C(=O)N(C1CCC(=O)NC1=O)C2.O=C(CCCCOc1ccccc1)CCc1scc2c1CN(C1CCC(=O)NC1=O)C2=O. The number of aryl methyl sites for hydroxylation is 1. The average molecular weight is 913 g/mol. The summed E-state index contributed by atoms with van der Waals surface area (Å²) in [5.74, 6) is -0.0401. The number of pyridine rings is 1. The van der Waals surface area contributed by atoms with Gasteiger partial charge in [0.25, 0.3) is 17.7 Å². The molecule has 0 aliphatic carbocycles. The third-order valence-corrected chi connectivity index (χ3v) is 14.5. The molecule has 4 aromatic rings.